The van der Waals surface area contributed by atoms with E-state index in [0.717, 1.165) is 28.3 Å². The maximum absolute atomic E-state index is 12.8. The Morgan fingerprint density at radius 1 is 1.11 bits per heavy atom. The molecular formula is C22H25ClN2O2S. The lowest BCUT2D eigenvalue weighted by molar-refractivity contribution is 0.425. The van der Waals surface area contributed by atoms with Gasteiger partial charge in [0, 0.05) is 22.2 Å². The van der Waals surface area contributed by atoms with Gasteiger partial charge in [-0.3, -0.25) is 0 Å². The number of benzene rings is 2. The molecule has 0 spiro atoms. The SMILES string of the molecule is CC(C)(C)NS(=O)(=O)c1ccc2c(c1)C1C=CCC1C(c1ccccc1Cl)N2. The van der Waals surface area contributed by atoms with Gasteiger partial charge >= 0.3 is 0 Å². The summed E-state index contributed by atoms with van der Waals surface area (Å²) in [5.74, 6) is 0.475. The number of halogens is 1. The van der Waals surface area contributed by atoms with Crippen LogP contribution in [-0.4, -0.2) is 14.0 Å². The molecule has 3 atom stereocenters. The van der Waals surface area contributed by atoms with Crippen LogP contribution >= 0.6 is 11.6 Å². The first-order chi connectivity index (χ1) is 13.2. The van der Waals surface area contributed by atoms with Crippen molar-refractivity contribution in [2.75, 3.05) is 5.32 Å². The summed E-state index contributed by atoms with van der Waals surface area (Å²) in [5, 5.41) is 4.37. The first-order valence-corrected chi connectivity index (χ1v) is 11.4. The fourth-order valence-electron chi connectivity index (χ4n) is 4.24. The Morgan fingerprint density at radius 2 is 1.86 bits per heavy atom. The summed E-state index contributed by atoms with van der Waals surface area (Å²) < 4.78 is 28.3. The molecule has 2 aromatic rings. The molecule has 0 fully saturated rings. The van der Waals surface area contributed by atoms with E-state index in [9.17, 15) is 8.42 Å². The molecule has 6 heteroatoms. The molecule has 1 aliphatic heterocycles. The number of fused-ring (bicyclic) bond motifs is 3. The van der Waals surface area contributed by atoms with Gasteiger partial charge in [-0.05, 0) is 68.5 Å². The van der Waals surface area contributed by atoms with E-state index >= 15 is 0 Å². The van der Waals surface area contributed by atoms with E-state index in [2.05, 4.69) is 28.3 Å². The summed E-state index contributed by atoms with van der Waals surface area (Å²) in [6.45, 7) is 5.53. The Hall–Kier alpha value is -1.82. The van der Waals surface area contributed by atoms with Gasteiger partial charge in [0.1, 0.15) is 0 Å². The molecule has 1 heterocycles. The van der Waals surface area contributed by atoms with E-state index in [1.54, 1.807) is 6.07 Å². The molecule has 3 unspecified atom stereocenters. The highest BCUT2D eigenvalue weighted by atomic mass is 35.5. The summed E-state index contributed by atoms with van der Waals surface area (Å²) in [6, 6.07) is 13.4. The molecule has 28 heavy (non-hydrogen) atoms. The molecule has 0 aromatic heterocycles. The minimum atomic E-state index is -3.58. The van der Waals surface area contributed by atoms with Crippen molar-refractivity contribution in [2.45, 2.75) is 49.6 Å². The van der Waals surface area contributed by atoms with Crippen LogP contribution in [0.1, 0.15) is 50.3 Å². The number of hydrogen-bond acceptors (Lipinski definition) is 3. The predicted molar refractivity (Wildman–Crippen MR) is 114 cm³/mol. The van der Waals surface area contributed by atoms with Gasteiger partial charge in [0.25, 0.3) is 0 Å². The van der Waals surface area contributed by atoms with E-state index < -0.39 is 15.6 Å². The highest BCUT2D eigenvalue weighted by molar-refractivity contribution is 7.89. The second-order valence-electron chi connectivity index (χ2n) is 8.60. The fraction of sp³-hybridized carbons (Fsp3) is 0.364. The number of nitrogens with one attached hydrogen (secondary N) is 2. The van der Waals surface area contributed by atoms with Crippen molar-refractivity contribution in [3.05, 3.63) is 70.8 Å². The standard InChI is InChI=1S/C22H25ClN2O2S/c1-22(2,3)25-28(26,27)14-11-12-20-18(13-14)15-8-6-9-16(15)21(24-20)17-7-4-5-10-19(17)23/h4-8,10-13,15-16,21,24-25H,9H2,1-3H3. The summed E-state index contributed by atoms with van der Waals surface area (Å²) >= 11 is 6.47. The van der Waals surface area contributed by atoms with E-state index in [4.69, 9.17) is 11.6 Å². The summed E-state index contributed by atoms with van der Waals surface area (Å²) in [5.41, 5.74) is 2.55. The van der Waals surface area contributed by atoms with E-state index in [1.165, 1.54) is 0 Å². The first kappa shape index (κ1) is 19.5. The van der Waals surface area contributed by atoms with Crippen LogP contribution in [0.3, 0.4) is 0 Å². The molecule has 0 saturated heterocycles. The zero-order chi connectivity index (χ0) is 20.1. The van der Waals surface area contributed by atoms with Crippen LogP contribution in [0.15, 0.2) is 59.5 Å². The average Bonchev–Trinajstić information content (AvgIpc) is 3.09. The molecule has 4 nitrogen and oxygen atoms in total. The fourth-order valence-corrected chi connectivity index (χ4v) is 5.94. The number of hydrogen-bond donors (Lipinski definition) is 2. The number of sulfonamides is 1. The smallest absolute Gasteiger partial charge is 0.241 e. The van der Waals surface area contributed by atoms with Crippen molar-refractivity contribution >= 4 is 27.3 Å². The van der Waals surface area contributed by atoms with Crippen LogP contribution in [0.5, 0.6) is 0 Å². The van der Waals surface area contributed by atoms with Crippen molar-refractivity contribution in [3.8, 4) is 0 Å². The van der Waals surface area contributed by atoms with Crippen molar-refractivity contribution in [1.29, 1.82) is 0 Å². The monoisotopic (exact) mass is 416 g/mol. The van der Waals surface area contributed by atoms with Crippen molar-refractivity contribution in [3.63, 3.8) is 0 Å². The third-order valence-corrected chi connectivity index (χ3v) is 7.43. The maximum atomic E-state index is 12.8. The molecule has 4 rings (SSSR count). The quantitative estimate of drug-likeness (QED) is 0.672. The van der Waals surface area contributed by atoms with E-state index in [0.29, 0.717) is 10.8 Å². The van der Waals surface area contributed by atoms with Crippen LogP contribution in [0, 0.1) is 5.92 Å². The summed E-state index contributed by atoms with van der Waals surface area (Å²) in [6.07, 6.45) is 5.32. The van der Waals surface area contributed by atoms with Crippen LogP contribution in [-0.2, 0) is 10.0 Å². The van der Waals surface area contributed by atoms with Gasteiger partial charge in [-0.2, -0.15) is 0 Å². The molecule has 2 aromatic carbocycles. The van der Waals surface area contributed by atoms with Gasteiger partial charge in [0.05, 0.1) is 10.9 Å². The highest BCUT2D eigenvalue weighted by Gasteiger charge is 2.39. The number of rotatable bonds is 3. The normalized spacial score (nSPS) is 23.8. The van der Waals surface area contributed by atoms with E-state index in [-0.39, 0.29) is 12.0 Å². The average molecular weight is 417 g/mol. The van der Waals surface area contributed by atoms with E-state index in [1.807, 2.05) is 51.1 Å². The topological polar surface area (TPSA) is 58.2 Å². The molecule has 0 amide bonds. The molecular weight excluding hydrogens is 392 g/mol. The second kappa shape index (κ2) is 6.90. The van der Waals surface area contributed by atoms with Crippen LogP contribution in [0.4, 0.5) is 5.69 Å². The maximum Gasteiger partial charge on any atom is 0.241 e. The van der Waals surface area contributed by atoms with Gasteiger partial charge in [-0.15, -0.1) is 0 Å². The molecule has 2 N–H and O–H groups in total. The molecule has 0 bridgehead atoms. The third kappa shape index (κ3) is 3.59. The Morgan fingerprint density at radius 3 is 2.57 bits per heavy atom. The Kier molecular flexibility index (Phi) is 4.81. The van der Waals surface area contributed by atoms with Gasteiger partial charge in [-0.1, -0.05) is 42.0 Å². The molecule has 2 aliphatic rings. The van der Waals surface area contributed by atoms with Crippen LogP contribution in [0.25, 0.3) is 0 Å². The van der Waals surface area contributed by atoms with Crippen molar-refractivity contribution in [2.24, 2.45) is 5.92 Å². The molecule has 0 saturated carbocycles. The largest absolute Gasteiger partial charge is 0.378 e. The third-order valence-electron chi connectivity index (χ3n) is 5.33. The number of anilines is 1. The zero-order valence-electron chi connectivity index (χ0n) is 16.2. The Labute approximate surface area is 172 Å². The van der Waals surface area contributed by atoms with Crippen LogP contribution < -0.4 is 10.0 Å². The Balaban J connectivity index is 1.74. The summed E-state index contributed by atoms with van der Waals surface area (Å²) in [4.78, 5) is 0.304. The lowest BCUT2D eigenvalue weighted by Gasteiger charge is -2.38. The second-order valence-corrected chi connectivity index (χ2v) is 10.7. The molecule has 1 aliphatic carbocycles. The predicted octanol–water partition coefficient (Wildman–Crippen LogP) is 5.24. The van der Waals surface area contributed by atoms with Gasteiger partial charge in [-0.25, -0.2) is 13.1 Å². The lowest BCUT2D eigenvalue weighted by atomic mass is 9.77. The number of allylic oxidation sites excluding steroid dienone is 2. The zero-order valence-corrected chi connectivity index (χ0v) is 17.8. The van der Waals surface area contributed by atoms with Crippen LogP contribution in [0.2, 0.25) is 5.02 Å². The minimum absolute atomic E-state index is 0.0938. The van der Waals surface area contributed by atoms with Gasteiger partial charge < -0.3 is 5.32 Å². The van der Waals surface area contributed by atoms with Gasteiger partial charge in [0.15, 0.2) is 0 Å². The first-order valence-electron chi connectivity index (χ1n) is 9.51. The molecule has 148 valence electrons. The van der Waals surface area contributed by atoms with Gasteiger partial charge in [0.2, 0.25) is 10.0 Å². The molecule has 0 radical (unpaired) electrons. The Bertz CT molecular complexity index is 1040. The van der Waals surface area contributed by atoms with Crippen molar-refractivity contribution < 1.29 is 8.42 Å². The lowest BCUT2D eigenvalue weighted by Crippen LogP contribution is -2.40. The highest BCUT2D eigenvalue weighted by Crippen LogP contribution is 2.51. The minimum Gasteiger partial charge on any atom is -0.378 e. The summed E-state index contributed by atoms with van der Waals surface area (Å²) in [7, 11) is -3.58. The van der Waals surface area contributed by atoms with Crippen molar-refractivity contribution in [1.82, 2.24) is 4.72 Å².